The Morgan fingerprint density at radius 3 is 2.71 bits per heavy atom. The second kappa shape index (κ2) is 6.71. The minimum atomic E-state index is 0.00369. The van der Waals surface area contributed by atoms with Crippen molar-refractivity contribution in [2.75, 3.05) is 20.3 Å². The van der Waals surface area contributed by atoms with Gasteiger partial charge in [0.05, 0.1) is 17.4 Å². The summed E-state index contributed by atoms with van der Waals surface area (Å²) in [6.07, 6.45) is 4.22. The zero-order valence-electron chi connectivity index (χ0n) is 11.4. The number of nitrogens with zero attached hydrogens (tertiary/aromatic N) is 3. The summed E-state index contributed by atoms with van der Waals surface area (Å²) < 4.78 is 6.89. The molecule has 5 heteroatoms. The molecular weight excluding hydrogens is 216 g/mol. The highest BCUT2D eigenvalue weighted by Gasteiger charge is 2.14. The first-order chi connectivity index (χ1) is 8.04. The largest absolute Gasteiger partial charge is 0.385 e. The van der Waals surface area contributed by atoms with Crippen molar-refractivity contribution < 1.29 is 4.74 Å². The predicted octanol–water partition coefficient (Wildman–Crippen LogP) is 1.55. The Morgan fingerprint density at radius 2 is 2.12 bits per heavy atom. The van der Waals surface area contributed by atoms with Gasteiger partial charge in [0.1, 0.15) is 0 Å². The average Bonchev–Trinajstić information content (AvgIpc) is 2.71. The SMILES string of the molecule is COCCCCNCc1cn(C(C)(C)C)nn1. The minimum absolute atomic E-state index is 0.00369. The van der Waals surface area contributed by atoms with Gasteiger partial charge in [-0.05, 0) is 40.2 Å². The molecule has 0 aliphatic carbocycles. The highest BCUT2D eigenvalue weighted by molar-refractivity contribution is 4.93. The molecule has 0 saturated heterocycles. The van der Waals surface area contributed by atoms with E-state index in [2.05, 4.69) is 36.4 Å². The Morgan fingerprint density at radius 1 is 1.35 bits per heavy atom. The molecule has 0 spiro atoms. The van der Waals surface area contributed by atoms with Crippen LogP contribution in [0.4, 0.5) is 0 Å². The molecule has 0 aliphatic heterocycles. The molecule has 0 unspecified atom stereocenters. The van der Waals surface area contributed by atoms with Gasteiger partial charge in [0.15, 0.2) is 0 Å². The molecule has 98 valence electrons. The molecule has 5 nitrogen and oxygen atoms in total. The van der Waals surface area contributed by atoms with Crippen LogP contribution in [0.25, 0.3) is 0 Å². The van der Waals surface area contributed by atoms with Crippen molar-refractivity contribution in [3.63, 3.8) is 0 Å². The lowest BCUT2D eigenvalue weighted by Gasteiger charge is -2.17. The summed E-state index contributed by atoms with van der Waals surface area (Å²) in [5.74, 6) is 0. The molecule has 0 atom stereocenters. The molecule has 0 saturated carbocycles. The Hall–Kier alpha value is -0.940. The number of ether oxygens (including phenoxy) is 1. The molecule has 0 radical (unpaired) electrons. The number of nitrogens with one attached hydrogen (secondary N) is 1. The molecule has 0 amide bonds. The average molecular weight is 240 g/mol. The van der Waals surface area contributed by atoms with Crippen molar-refractivity contribution in [3.8, 4) is 0 Å². The van der Waals surface area contributed by atoms with Crippen LogP contribution in [-0.2, 0) is 16.8 Å². The Bertz CT molecular complexity index is 317. The van der Waals surface area contributed by atoms with Crippen LogP contribution < -0.4 is 5.32 Å². The van der Waals surface area contributed by atoms with E-state index in [1.807, 2.05) is 10.9 Å². The highest BCUT2D eigenvalue weighted by atomic mass is 16.5. The third-order valence-electron chi connectivity index (χ3n) is 2.49. The molecule has 1 rings (SSSR count). The van der Waals surface area contributed by atoms with Gasteiger partial charge in [0.2, 0.25) is 0 Å². The number of hydrogen-bond acceptors (Lipinski definition) is 4. The molecule has 0 aromatic carbocycles. The third kappa shape index (κ3) is 5.28. The number of unbranched alkanes of at least 4 members (excludes halogenated alkanes) is 1. The van der Waals surface area contributed by atoms with Crippen molar-refractivity contribution in [2.45, 2.75) is 45.7 Å². The summed E-state index contributed by atoms with van der Waals surface area (Å²) in [4.78, 5) is 0. The molecule has 17 heavy (non-hydrogen) atoms. The molecule has 1 N–H and O–H groups in total. The van der Waals surface area contributed by atoms with Crippen LogP contribution in [0.3, 0.4) is 0 Å². The second-order valence-electron chi connectivity index (χ2n) is 5.20. The van der Waals surface area contributed by atoms with Gasteiger partial charge >= 0.3 is 0 Å². The van der Waals surface area contributed by atoms with Gasteiger partial charge in [0, 0.05) is 20.3 Å². The fourth-order valence-electron chi connectivity index (χ4n) is 1.42. The topological polar surface area (TPSA) is 52.0 Å². The van der Waals surface area contributed by atoms with E-state index >= 15 is 0 Å². The maximum Gasteiger partial charge on any atom is 0.0965 e. The quantitative estimate of drug-likeness (QED) is 0.735. The molecule has 1 heterocycles. The zero-order chi connectivity index (χ0) is 12.7. The molecular formula is C12H24N4O. The van der Waals surface area contributed by atoms with Crippen LogP contribution in [0, 0.1) is 0 Å². The lowest BCUT2D eigenvalue weighted by molar-refractivity contribution is 0.192. The van der Waals surface area contributed by atoms with Crippen LogP contribution in [-0.4, -0.2) is 35.3 Å². The van der Waals surface area contributed by atoms with Crippen molar-refractivity contribution in [2.24, 2.45) is 0 Å². The van der Waals surface area contributed by atoms with Crippen LogP contribution in [0.2, 0.25) is 0 Å². The highest BCUT2D eigenvalue weighted by Crippen LogP contribution is 2.11. The van der Waals surface area contributed by atoms with Gasteiger partial charge in [-0.15, -0.1) is 5.10 Å². The van der Waals surface area contributed by atoms with Crippen molar-refractivity contribution >= 4 is 0 Å². The van der Waals surface area contributed by atoms with E-state index < -0.39 is 0 Å². The lowest BCUT2D eigenvalue weighted by Crippen LogP contribution is -2.22. The number of hydrogen-bond donors (Lipinski definition) is 1. The van der Waals surface area contributed by atoms with Gasteiger partial charge in [0.25, 0.3) is 0 Å². The van der Waals surface area contributed by atoms with E-state index in [1.165, 1.54) is 0 Å². The van der Waals surface area contributed by atoms with Crippen LogP contribution in [0.15, 0.2) is 6.20 Å². The molecule has 0 bridgehead atoms. The van der Waals surface area contributed by atoms with E-state index in [0.717, 1.165) is 38.2 Å². The van der Waals surface area contributed by atoms with Gasteiger partial charge < -0.3 is 10.1 Å². The number of rotatable bonds is 7. The first kappa shape index (κ1) is 14.1. The molecule has 1 aromatic heterocycles. The smallest absolute Gasteiger partial charge is 0.0965 e. The number of methoxy groups -OCH3 is 1. The van der Waals surface area contributed by atoms with Gasteiger partial charge in [-0.3, -0.25) is 0 Å². The van der Waals surface area contributed by atoms with Crippen LogP contribution in [0.1, 0.15) is 39.3 Å². The van der Waals surface area contributed by atoms with E-state index in [0.29, 0.717) is 0 Å². The monoisotopic (exact) mass is 240 g/mol. The fourth-order valence-corrected chi connectivity index (χ4v) is 1.42. The Balaban J connectivity index is 2.21. The van der Waals surface area contributed by atoms with Crippen molar-refractivity contribution in [1.29, 1.82) is 0 Å². The maximum absolute atomic E-state index is 4.99. The van der Waals surface area contributed by atoms with Crippen molar-refractivity contribution in [1.82, 2.24) is 20.3 Å². The maximum atomic E-state index is 4.99. The van der Waals surface area contributed by atoms with Gasteiger partial charge in [-0.1, -0.05) is 5.21 Å². The van der Waals surface area contributed by atoms with E-state index in [4.69, 9.17) is 4.74 Å². The number of aromatic nitrogens is 3. The van der Waals surface area contributed by atoms with Gasteiger partial charge in [-0.25, -0.2) is 4.68 Å². The molecule has 0 aliphatic rings. The summed E-state index contributed by atoms with van der Waals surface area (Å²) >= 11 is 0. The van der Waals surface area contributed by atoms with E-state index in [1.54, 1.807) is 7.11 Å². The van der Waals surface area contributed by atoms with E-state index in [9.17, 15) is 0 Å². The standard InChI is InChI=1S/C12H24N4O/c1-12(2,3)16-10-11(14-15-16)9-13-7-5-6-8-17-4/h10,13H,5-9H2,1-4H3. The fraction of sp³-hybridized carbons (Fsp3) is 0.833. The van der Waals surface area contributed by atoms with Gasteiger partial charge in [-0.2, -0.15) is 0 Å². The Kier molecular flexibility index (Phi) is 5.58. The second-order valence-corrected chi connectivity index (χ2v) is 5.20. The van der Waals surface area contributed by atoms with E-state index in [-0.39, 0.29) is 5.54 Å². The normalized spacial score (nSPS) is 12.0. The third-order valence-corrected chi connectivity index (χ3v) is 2.49. The summed E-state index contributed by atoms with van der Waals surface area (Å²) in [7, 11) is 1.73. The Labute approximate surface area is 104 Å². The predicted molar refractivity (Wildman–Crippen MR) is 67.8 cm³/mol. The first-order valence-electron chi connectivity index (χ1n) is 6.15. The summed E-state index contributed by atoms with van der Waals surface area (Å²) in [5.41, 5.74) is 0.996. The summed E-state index contributed by atoms with van der Waals surface area (Å²) in [6, 6.07) is 0. The first-order valence-corrected chi connectivity index (χ1v) is 6.15. The summed E-state index contributed by atoms with van der Waals surface area (Å²) in [5, 5.41) is 11.6. The molecule has 1 aromatic rings. The minimum Gasteiger partial charge on any atom is -0.385 e. The van der Waals surface area contributed by atoms with Crippen LogP contribution >= 0.6 is 0 Å². The van der Waals surface area contributed by atoms with Crippen LogP contribution in [0.5, 0.6) is 0 Å². The lowest BCUT2D eigenvalue weighted by atomic mass is 10.1. The van der Waals surface area contributed by atoms with Crippen molar-refractivity contribution in [3.05, 3.63) is 11.9 Å². The summed E-state index contributed by atoms with van der Waals surface area (Å²) in [6.45, 7) is 8.95. The zero-order valence-corrected chi connectivity index (χ0v) is 11.4. The molecule has 0 fully saturated rings.